The number of aryl methyl sites for hydroxylation is 1. The van der Waals surface area contributed by atoms with Gasteiger partial charge in [-0.15, -0.1) is 0 Å². The predicted octanol–water partition coefficient (Wildman–Crippen LogP) is 2.78. The first-order valence-corrected chi connectivity index (χ1v) is 13.9. The number of nitrogens with one attached hydrogen (secondary N) is 1. The fourth-order valence-corrected chi connectivity index (χ4v) is 6.07. The van der Waals surface area contributed by atoms with E-state index in [0.29, 0.717) is 26.8 Å². The standard InChI is InChI=1S/C28H23ClN4O5S2/c1-4-38-26(37)21-15(3)30-28-33(22(21)16-7-5-14(2)6-8-16)25(36)20(40-28)13-19-23(34)31-27(39)32(24(19)35)18-11-9-17(29)10-12-18/h5-13,19,22H,4H2,1-3H3,(H,31,34,39)/b20-13+/t19-,22-/m0/s1. The number of esters is 1. The number of allylic oxidation sites excluding steroid dienone is 1. The molecule has 0 unspecified atom stereocenters. The Hall–Kier alpha value is -3.93. The van der Waals surface area contributed by atoms with Gasteiger partial charge in [-0.2, -0.15) is 0 Å². The number of amides is 2. The average molecular weight is 595 g/mol. The van der Waals surface area contributed by atoms with Gasteiger partial charge in [0.1, 0.15) is 5.92 Å². The van der Waals surface area contributed by atoms with E-state index < -0.39 is 35.3 Å². The van der Waals surface area contributed by atoms with Crippen molar-refractivity contribution in [3.8, 4) is 0 Å². The highest BCUT2D eigenvalue weighted by Crippen LogP contribution is 2.31. The van der Waals surface area contributed by atoms with E-state index in [4.69, 9.17) is 28.6 Å². The van der Waals surface area contributed by atoms with Crippen LogP contribution in [0.15, 0.2) is 69.6 Å². The van der Waals surface area contributed by atoms with Crippen LogP contribution in [0.1, 0.15) is 31.0 Å². The van der Waals surface area contributed by atoms with Crippen LogP contribution in [0.2, 0.25) is 5.02 Å². The van der Waals surface area contributed by atoms with Gasteiger partial charge in [-0.05, 0) is 68.9 Å². The topological polar surface area (TPSA) is 110 Å². The molecule has 204 valence electrons. The van der Waals surface area contributed by atoms with E-state index in [1.807, 2.05) is 31.2 Å². The molecule has 0 bridgehead atoms. The third-order valence-corrected chi connectivity index (χ3v) is 8.05. The maximum Gasteiger partial charge on any atom is 0.338 e. The molecular weight excluding hydrogens is 572 g/mol. The minimum absolute atomic E-state index is 0.0718. The van der Waals surface area contributed by atoms with E-state index in [1.165, 1.54) is 15.5 Å². The van der Waals surface area contributed by atoms with E-state index in [0.717, 1.165) is 16.9 Å². The largest absolute Gasteiger partial charge is 0.463 e. The minimum Gasteiger partial charge on any atom is -0.463 e. The van der Waals surface area contributed by atoms with Gasteiger partial charge in [-0.1, -0.05) is 52.8 Å². The maximum atomic E-state index is 13.8. The summed E-state index contributed by atoms with van der Waals surface area (Å²) >= 11 is 12.3. The highest BCUT2D eigenvalue weighted by molar-refractivity contribution is 7.80. The number of anilines is 1. The lowest BCUT2D eigenvalue weighted by molar-refractivity contribution is -0.139. The maximum absolute atomic E-state index is 13.8. The molecule has 2 aliphatic heterocycles. The van der Waals surface area contributed by atoms with Crippen LogP contribution in [0.5, 0.6) is 0 Å². The lowest BCUT2D eigenvalue weighted by Gasteiger charge is -2.31. The number of fused-ring (bicyclic) bond motifs is 1. The summed E-state index contributed by atoms with van der Waals surface area (Å²) in [6.45, 7) is 5.49. The first-order valence-electron chi connectivity index (χ1n) is 12.3. The summed E-state index contributed by atoms with van der Waals surface area (Å²) in [6.07, 6.45) is 1.32. The number of hydrogen-bond acceptors (Lipinski definition) is 8. The first-order chi connectivity index (χ1) is 19.1. The number of nitrogens with zero attached hydrogens (tertiary/aromatic N) is 3. The van der Waals surface area contributed by atoms with E-state index in [2.05, 4.69) is 10.3 Å². The summed E-state index contributed by atoms with van der Waals surface area (Å²) in [7, 11) is 0. The molecule has 0 spiro atoms. The molecule has 1 N–H and O–H groups in total. The van der Waals surface area contributed by atoms with E-state index in [1.54, 1.807) is 38.1 Å². The van der Waals surface area contributed by atoms with Crippen molar-refractivity contribution in [1.82, 2.24) is 9.88 Å². The van der Waals surface area contributed by atoms with Gasteiger partial charge in [0.2, 0.25) is 11.8 Å². The molecule has 1 saturated heterocycles. The molecule has 2 atom stereocenters. The lowest BCUT2D eigenvalue weighted by Crippen LogP contribution is -2.58. The van der Waals surface area contributed by atoms with Crippen molar-refractivity contribution < 1.29 is 19.1 Å². The Morgan fingerprint density at radius 3 is 2.45 bits per heavy atom. The lowest BCUT2D eigenvalue weighted by atomic mass is 9.95. The Labute approximate surface area is 243 Å². The molecule has 2 aliphatic rings. The number of benzene rings is 2. The number of carbonyl (C=O) groups excluding carboxylic acids is 3. The number of thiocarbonyl (C=S) groups is 1. The molecule has 2 aromatic carbocycles. The Morgan fingerprint density at radius 2 is 1.80 bits per heavy atom. The highest BCUT2D eigenvalue weighted by Gasteiger charge is 2.39. The number of ether oxygens (including phenoxy) is 1. The Morgan fingerprint density at radius 1 is 1.12 bits per heavy atom. The Balaban J connectivity index is 1.64. The van der Waals surface area contributed by atoms with Gasteiger partial charge < -0.3 is 10.1 Å². The molecule has 5 rings (SSSR count). The van der Waals surface area contributed by atoms with Crippen molar-refractivity contribution in [3.63, 3.8) is 0 Å². The van der Waals surface area contributed by atoms with Gasteiger partial charge >= 0.3 is 5.97 Å². The SMILES string of the molecule is CCOC(=O)C1=C(C)N=c2s/c(=C/[C@H]3C(=O)NC(=S)N(c4ccc(Cl)cc4)C3=O)c(=O)n2[C@H]1c1ccc(C)cc1. The average Bonchev–Trinajstić information content (AvgIpc) is 3.21. The third kappa shape index (κ3) is 4.91. The minimum atomic E-state index is -1.33. The molecule has 0 aliphatic carbocycles. The van der Waals surface area contributed by atoms with Gasteiger partial charge in [-0.25, -0.2) is 9.79 Å². The summed E-state index contributed by atoms with van der Waals surface area (Å²) in [5, 5.41) is 2.95. The second-order valence-electron chi connectivity index (χ2n) is 9.16. The molecule has 2 amide bonds. The van der Waals surface area contributed by atoms with Crippen molar-refractivity contribution >= 4 is 69.8 Å². The molecule has 40 heavy (non-hydrogen) atoms. The number of hydrogen-bond donors (Lipinski definition) is 1. The van der Waals surface area contributed by atoms with Crippen LogP contribution in [-0.2, 0) is 19.1 Å². The number of aromatic nitrogens is 1. The monoisotopic (exact) mass is 594 g/mol. The molecule has 1 aromatic heterocycles. The molecule has 9 nitrogen and oxygen atoms in total. The summed E-state index contributed by atoms with van der Waals surface area (Å²) < 4.78 is 6.85. The molecule has 1 fully saturated rings. The second-order valence-corrected chi connectivity index (χ2v) is 11.0. The zero-order chi connectivity index (χ0) is 28.7. The zero-order valence-electron chi connectivity index (χ0n) is 21.6. The van der Waals surface area contributed by atoms with Crippen LogP contribution in [0.25, 0.3) is 6.08 Å². The highest BCUT2D eigenvalue weighted by atomic mass is 35.5. The van der Waals surface area contributed by atoms with Gasteiger partial charge in [0, 0.05) is 5.02 Å². The van der Waals surface area contributed by atoms with Crippen LogP contribution in [0, 0.1) is 12.8 Å². The quantitative estimate of drug-likeness (QED) is 0.276. The molecule has 3 aromatic rings. The van der Waals surface area contributed by atoms with Gasteiger partial charge in [0.25, 0.3) is 5.56 Å². The van der Waals surface area contributed by atoms with Gasteiger partial charge in [0.15, 0.2) is 9.91 Å². The summed E-state index contributed by atoms with van der Waals surface area (Å²) in [5.41, 5.74) is 2.31. The Bertz CT molecular complexity index is 1770. The van der Waals surface area contributed by atoms with E-state index in [-0.39, 0.29) is 21.8 Å². The normalized spacial score (nSPS) is 19.4. The molecule has 0 radical (unpaired) electrons. The fourth-order valence-electron chi connectivity index (χ4n) is 4.59. The zero-order valence-corrected chi connectivity index (χ0v) is 24.0. The van der Waals surface area contributed by atoms with Crippen LogP contribution < -0.4 is 25.1 Å². The first kappa shape index (κ1) is 27.6. The summed E-state index contributed by atoms with van der Waals surface area (Å²) in [6, 6.07) is 13.1. The fraction of sp³-hybridized carbons (Fsp3) is 0.214. The van der Waals surface area contributed by atoms with E-state index in [9.17, 15) is 19.2 Å². The summed E-state index contributed by atoms with van der Waals surface area (Å²) in [5.74, 6) is -3.16. The molecular formula is C28H23ClN4O5S2. The molecule has 12 heteroatoms. The number of carbonyl (C=O) groups is 3. The molecule has 0 saturated carbocycles. The van der Waals surface area contributed by atoms with E-state index >= 15 is 0 Å². The third-order valence-electron chi connectivity index (χ3n) is 6.52. The second kappa shape index (κ2) is 10.9. The number of thiazole rings is 1. The van der Waals surface area contributed by atoms with Crippen molar-refractivity contribution in [2.24, 2.45) is 10.9 Å². The number of rotatable bonds is 5. The van der Waals surface area contributed by atoms with Crippen LogP contribution >= 0.6 is 35.2 Å². The Kier molecular flexibility index (Phi) is 7.54. The molecule has 3 heterocycles. The van der Waals surface area contributed by atoms with Crippen LogP contribution in [0.3, 0.4) is 0 Å². The number of halogens is 1. The summed E-state index contributed by atoms with van der Waals surface area (Å²) in [4.78, 5) is 59.3. The van der Waals surface area contributed by atoms with Gasteiger partial charge in [0.05, 0.1) is 34.1 Å². The van der Waals surface area contributed by atoms with Crippen molar-refractivity contribution in [1.29, 1.82) is 0 Å². The van der Waals surface area contributed by atoms with Gasteiger partial charge in [-0.3, -0.25) is 23.9 Å². The van der Waals surface area contributed by atoms with Crippen molar-refractivity contribution in [2.45, 2.75) is 26.8 Å². The van der Waals surface area contributed by atoms with Crippen molar-refractivity contribution in [2.75, 3.05) is 11.5 Å². The predicted molar refractivity (Wildman–Crippen MR) is 156 cm³/mol. The smallest absolute Gasteiger partial charge is 0.338 e. The van der Waals surface area contributed by atoms with Crippen LogP contribution in [0.4, 0.5) is 5.69 Å². The van der Waals surface area contributed by atoms with Crippen molar-refractivity contribution in [3.05, 3.63) is 95.6 Å². The van der Waals surface area contributed by atoms with Crippen LogP contribution in [-0.4, -0.2) is 34.1 Å².